The zero-order valence-electron chi connectivity index (χ0n) is 16.0. The molecule has 0 aliphatic rings. The highest BCUT2D eigenvalue weighted by atomic mass is 16.5. The van der Waals surface area contributed by atoms with Gasteiger partial charge in [-0.3, -0.25) is 0 Å². The number of nitrogens with zero attached hydrogens (tertiary/aromatic N) is 1. The van der Waals surface area contributed by atoms with Crippen LogP contribution in [0.15, 0.2) is 36.5 Å². The first-order valence-corrected chi connectivity index (χ1v) is 8.77. The number of hydrogen-bond donors (Lipinski definition) is 0. The Morgan fingerprint density at radius 1 is 0.920 bits per heavy atom. The Balaban J connectivity index is 2.15. The first kappa shape index (κ1) is 17.4. The second-order valence-electron chi connectivity index (χ2n) is 7.11. The van der Waals surface area contributed by atoms with Crippen molar-refractivity contribution in [1.29, 1.82) is 0 Å². The number of rotatable bonds is 5. The van der Waals surface area contributed by atoms with Crippen LogP contribution >= 0.6 is 0 Å². The molecule has 0 amide bonds. The van der Waals surface area contributed by atoms with E-state index >= 15 is 0 Å². The van der Waals surface area contributed by atoms with Crippen LogP contribution < -0.4 is 9.47 Å². The average Bonchev–Trinajstić information content (AvgIpc) is 2.87. The molecule has 0 bridgehead atoms. The van der Waals surface area contributed by atoms with Crippen LogP contribution in [0.1, 0.15) is 25.0 Å². The minimum absolute atomic E-state index is 0.626. The zero-order valence-corrected chi connectivity index (χ0v) is 16.0. The number of ether oxygens (including phenoxy) is 2. The average molecular weight is 337 g/mol. The van der Waals surface area contributed by atoms with Gasteiger partial charge in [-0.2, -0.15) is 0 Å². The zero-order chi connectivity index (χ0) is 18.1. The molecule has 2 aromatic carbocycles. The van der Waals surface area contributed by atoms with Crippen LogP contribution in [-0.2, 0) is 6.54 Å². The van der Waals surface area contributed by atoms with E-state index < -0.39 is 0 Å². The molecule has 0 aliphatic heterocycles. The lowest BCUT2D eigenvalue weighted by Crippen LogP contribution is -2.02. The summed E-state index contributed by atoms with van der Waals surface area (Å²) in [7, 11) is 3.34. The van der Waals surface area contributed by atoms with Gasteiger partial charge < -0.3 is 14.0 Å². The largest absolute Gasteiger partial charge is 0.493 e. The summed E-state index contributed by atoms with van der Waals surface area (Å²) in [6, 6.07) is 10.7. The predicted octanol–water partition coefficient (Wildman–Crippen LogP) is 5.60. The third-order valence-corrected chi connectivity index (χ3v) is 4.68. The molecule has 0 spiro atoms. The van der Waals surface area contributed by atoms with Crippen LogP contribution in [0, 0.1) is 19.8 Å². The van der Waals surface area contributed by atoms with E-state index in [4.69, 9.17) is 9.47 Å². The number of methoxy groups -OCH3 is 2. The highest BCUT2D eigenvalue weighted by Gasteiger charge is 2.13. The van der Waals surface area contributed by atoms with Crippen molar-refractivity contribution in [2.75, 3.05) is 14.2 Å². The molecule has 0 saturated carbocycles. The molecule has 0 radical (unpaired) electrons. The van der Waals surface area contributed by atoms with Crippen molar-refractivity contribution in [2.24, 2.45) is 5.92 Å². The Kier molecular flexibility index (Phi) is 4.76. The van der Waals surface area contributed by atoms with E-state index in [2.05, 4.69) is 56.7 Å². The highest BCUT2D eigenvalue weighted by Crippen LogP contribution is 2.36. The molecular weight excluding hydrogens is 310 g/mol. The fraction of sp³-hybridized carbons (Fsp3) is 0.364. The number of aryl methyl sites for hydroxylation is 2. The van der Waals surface area contributed by atoms with Gasteiger partial charge in [0, 0.05) is 23.6 Å². The summed E-state index contributed by atoms with van der Waals surface area (Å²) in [6.45, 7) is 9.91. The van der Waals surface area contributed by atoms with Crippen molar-refractivity contribution in [2.45, 2.75) is 34.2 Å². The molecule has 3 nitrogen and oxygen atoms in total. The van der Waals surface area contributed by atoms with E-state index in [1.165, 1.54) is 27.6 Å². The molecule has 0 atom stereocenters. The highest BCUT2D eigenvalue weighted by molar-refractivity contribution is 5.90. The van der Waals surface area contributed by atoms with Crippen LogP contribution in [0.4, 0.5) is 0 Å². The number of benzene rings is 2. The van der Waals surface area contributed by atoms with Gasteiger partial charge in [-0.05, 0) is 66.3 Å². The fourth-order valence-corrected chi connectivity index (χ4v) is 3.48. The molecule has 0 unspecified atom stereocenters. The molecule has 0 fully saturated rings. The number of fused-ring (bicyclic) bond motifs is 1. The van der Waals surface area contributed by atoms with Gasteiger partial charge in [0.1, 0.15) is 0 Å². The molecule has 3 rings (SSSR count). The van der Waals surface area contributed by atoms with Gasteiger partial charge in [-0.15, -0.1) is 0 Å². The minimum Gasteiger partial charge on any atom is -0.493 e. The van der Waals surface area contributed by atoms with Gasteiger partial charge >= 0.3 is 0 Å². The van der Waals surface area contributed by atoms with Gasteiger partial charge in [0.05, 0.1) is 14.2 Å². The second kappa shape index (κ2) is 6.83. The maximum Gasteiger partial charge on any atom is 0.161 e. The van der Waals surface area contributed by atoms with E-state index in [1.54, 1.807) is 14.2 Å². The number of aromatic nitrogens is 1. The third kappa shape index (κ3) is 3.23. The Labute approximate surface area is 150 Å². The quantitative estimate of drug-likeness (QED) is 0.605. The van der Waals surface area contributed by atoms with Crippen LogP contribution in [0.2, 0.25) is 0 Å². The maximum atomic E-state index is 5.47. The summed E-state index contributed by atoms with van der Waals surface area (Å²) in [5.74, 6) is 2.14. The molecule has 25 heavy (non-hydrogen) atoms. The van der Waals surface area contributed by atoms with E-state index in [9.17, 15) is 0 Å². The maximum absolute atomic E-state index is 5.47. The first-order chi connectivity index (χ1) is 11.9. The lowest BCUT2D eigenvalue weighted by molar-refractivity contribution is 0.355. The third-order valence-electron chi connectivity index (χ3n) is 4.68. The van der Waals surface area contributed by atoms with Gasteiger partial charge in [-0.25, -0.2) is 0 Å². The summed E-state index contributed by atoms with van der Waals surface area (Å²) in [5.41, 5.74) is 6.28. The van der Waals surface area contributed by atoms with Crippen LogP contribution in [0.3, 0.4) is 0 Å². The van der Waals surface area contributed by atoms with Crippen molar-refractivity contribution < 1.29 is 9.47 Å². The number of hydrogen-bond acceptors (Lipinski definition) is 2. The lowest BCUT2D eigenvalue weighted by atomic mass is 9.97. The normalized spacial score (nSPS) is 11.3. The van der Waals surface area contributed by atoms with Gasteiger partial charge in [0.15, 0.2) is 11.5 Å². The van der Waals surface area contributed by atoms with Crippen molar-refractivity contribution in [3.8, 4) is 22.6 Å². The van der Waals surface area contributed by atoms with E-state index in [1.807, 2.05) is 12.1 Å². The van der Waals surface area contributed by atoms with E-state index in [0.717, 1.165) is 23.6 Å². The van der Waals surface area contributed by atoms with E-state index in [0.29, 0.717) is 5.92 Å². The van der Waals surface area contributed by atoms with Crippen LogP contribution in [0.5, 0.6) is 11.5 Å². The first-order valence-electron chi connectivity index (χ1n) is 8.77. The van der Waals surface area contributed by atoms with Gasteiger partial charge in [-0.1, -0.05) is 19.9 Å². The summed E-state index contributed by atoms with van der Waals surface area (Å²) < 4.78 is 13.2. The van der Waals surface area contributed by atoms with Crippen molar-refractivity contribution in [3.05, 3.63) is 47.7 Å². The molecule has 0 aliphatic carbocycles. The Bertz CT molecular complexity index is 906. The molecular formula is C22H27NO2. The van der Waals surface area contributed by atoms with Gasteiger partial charge in [0.25, 0.3) is 0 Å². The van der Waals surface area contributed by atoms with Crippen LogP contribution in [0.25, 0.3) is 22.0 Å². The minimum atomic E-state index is 0.626. The summed E-state index contributed by atoms with van der Waals surface area (Å²) >= 11 is 0. The Hall–Kier alpha value is -2.42. The van der Waals surface area contributed by atoms with Crippen molar-refractivity contribution in [1.82, 2.24) is 4.57 Å². The van der Waals surface area contributed by atoms with Crippen molar-refractivity contribution >= 4 is 10.9 Å². The molecule has 1 aromatic heterocycles. The SMILES string of the molecule is COc1ccc(-c2cc3c(C)cn(CC(C)C)c3cc2C)cc1OC. The fourth-order valence-electron chi connectivity index (χ4n) is 3.48. The van der Waals surface area contributed by atoms with Gasteiger partial charge in [0.2, 0.25) is 0 Å². The smallest absolute Gasteiger partial charge is 0.161 e. The topological polar surface area (TPSA) is 23.4 Å². The lowest BCUT2D eigenvalue weighted by Gasteiger charge is -2.13. The van der Waals surface area contributed by atoms with Crippen LogP contribution in [-0.4, -0.2) is 18.8 Å². The Morgan fingerprint density at radius 3 is 2.28 bits per heavy atom. The molecule has 3 heteroatoms. The Morgan fingerprint density at radius 2 is 1.64 bits per heavy atom. The van der Waals surface area contributed by atoms with E-state index in [-0.39, 0.29) is 0 Å². The monoisotopic (exact) mass is 337 g/mol. The predicted molar refractivity (Wildman–Crippen MR) is 105 cm³/mol. The van der Waals surface area contributed by atoms with Crippen molar-refractivity contribution in [3.63, 3.8) is 0 Å². The molecule has 132 valence electrons. The molecule has 0 saturated heterocycles. The molecule has 3 aromatic rings. The summed E-state index contributed by atoms with van der Waals surface area (Å²) in [4.78, 5) is 0. The summed E-state index contributed by atoms with van der Waals surface area (Å²) in [5, 5.41) is 1.32. The molecule has 0 N–H and O–H groups in total. The standard InChI is InChI=1S/C22H27NO2/c1-14(2)12-23-13-16(4)19-11-18(15(3)9-20(19)23)17-7-8-21(24-5)22(10-17)25-6/h7-11,13-14H,12H2,1-6H3. The second-order valence-corrected chi connectivity index (χ2v) is 7.11. The summed E-state index contributed by atoms with van der Waals surface area (Å²) in [6.07, 6.45) is 2.27. The molecule has 1 heterocycles.